The summed E-state index contributed by atoms with van der Waals surface area (Å²) in [6.45, 7) is 5.94. The fourth-order valence-corrected chi connectivity index (χ4v) is 2.45. The van der Waals surface area contributed by atoms with Crippen LogP contribution < -0.4 is 0 Å². The summed E-state index contributed by atoms with van der Waals surface area (Å²) in [7, 11) is 0. The van der Waals surface area contributed by atoms with Crippen molar-refractivity contribution in [1.82, 2.24) is 15.0 Å². The van der Waals surface area contributed by atoms with Gasteiger partial charge in [0.25, 0.3) is 5.89 Å². The molecule has 2 atom stereocenters. The van der Waals surface area contributed by atoms with Gasteiger partial charge in [0.1, 0.15) is 6.04 Å². The normalized spacial score (nSPS) is 19.6. The van der Waals surface area contributed by atoms with Crippen LogP contribution >= 0.6 is 0 Å². The summed E-state index contributed by atoms with van der Waals surface area (Å²) in [5, 5.41) is 3.67. The number of hydrogen-bond acceptors (Lipinski definition) is 6. The minimum atomic E-state index is -0.609. The number of aryl methyl sites for hydroxylation is 1. The predicted molar refractivity (Wildman–Crippen MR) is 73.2 cm³/mol. The summed E-state index contributed by atoms with van der Waals surface area (Å²) in [6, 6.07) is -0.490. The smallest absolute Gasteiger partial charge is 0.329 e. The highest BCUT2D eigenvalue weighted by Gasteiger charge is 2.36. The number of ether oxygens (including phenoxy) is 1. The molecule has 1 amide bonds. The molecular formula is C14H21N3O4. The zero-order valence-corrected chi connectivity index (χ0v) is 12.7. The SMILES string of the molecule is CCCC(=O)N1CCC[C@H]1C(=O)O[C@@H](C)c1nc(C)no1. The molecule has 0 aliphatic carbocycles. The molecule has 1 fully saturated rings. The third-order valence-corrected chi connectivity index (χ3v) is 3.49. The van der Waals surface area contributed by atoms with Crippen LogP contribution in [0.5, 0.6) is 0 Å². The molecule has 1 aliphatic rings. The standard InChI is InChI=1S/C14H21N3O4/c1-4-6-12(18)17-8-5-7-11(17)14(19)20-9(2)13-15-10(3)16-21-13/h9,11H,4-8H2,1-3H3/t9-,11-/m0/s1. The van der Waals surface area contributed by atoms with Crippen LogP contribution in [-0.2, 0) is 14.3 Å². The molecule has 21 heavy (non-hydrogen) atoms. The Morgan fingerprint density at radius 3 is 2.90 bits per heavy atom. The van der Waals surface area contributed by atoms with Crippen LogP contribution in [0, 0.1) is 6.92 Å². The Morgan fingerprint density at radius 2 is 2.29 bits per heavy atom. The molecule has 0 aromatic carbocycles. The van der Waals surface area contributed by atoms with Crippen molar-refractivity contribution in [1.29, 1.82) is 0 Å². The van der Waals surface area contributed by atoms with Gasteiger partial charge in [0.05, 0.1) is 0 Å². The quantitative estimate of drug-likeness (QED) is 0.770. The Bertz CT molecular complexity index is 514. The minimum absolute atomic E-state index is 0.0123. The first-order valence-corrected chi connectivity index (χ1v) is 7.33. The van der Waals surface area contributed by atoms with Crippen LogP contribution in [0.15, 0.2) is 4.52 Å². The van der Waals surface area contributed by atoms with Crippen molar-refractivity contribution < 1.29 is 18.8 Å². The van der Waals surface area contributed by atoms with Gasteiger partial charge in [0, 0.05) is 13.0 Å². The van der Waals surface area contributed by atoms with E-state index in [1.165, 1.54) is 0 Å². The summed E-state index contributed by atoms with van der Waals surface area (Å²) in [5.41, 5.74) is 0. The summed E-state index contributed by atoms with van der Waals surface area (Å²) in [6.07, 6.45) is 2.09. The Hall–Kier alpha value is -1.92. The van der Waals surface area contributed by atoms with Crippen molar-refractivity contribution in [3.8, 4) is 0 Å². The van der Waals surface area contributed by atoms with E-state index in [-0.39, 0.29) is 11.8 Å². The zero-order valence-electron chi connectivity index (χ0n) is 12.7. The lowest BCUT2D eigenvalue weighted by Gasteiger charge is -2.24. The van der Waals surface area contributed by atoms with Gasteiger partial charge in [0.2, 0.25) is 5.91 Å². The summed E-state index contributed by atoms with van der Waals surface area (Å²) >= 11 is 0. The van der Waals surface area contributed by atoms with Gasteiger partial charge >= 0.3 is 5.97 Å². The maximum absolute atomic E-state index is 12.2. The zero-order chi connectivity index (χ0) is 15.4. The highest BCUT2D eigenvalue weighted by atomic mass is 16.6. The Kier molecular flexibility index (Phi) is 4.93. The molecule has 0 N–H and O–H groups in total. The highest BCUT2D eigenvalue weighted by Crippen LogP contribution is 2.23. The maximum Gasteiger partial charge on any atom is 0.329 e. The van der Waals surface area contributed by atoms with Gasteiger partial charge in [0.15, 0.2) is 11.9 Å². The van der Waals surface area contributed by atoms with E-state index in [1.54, 1.807) is 18.7 Å². The topological polar surface area (TPSA) is 85.5 Å². The van der Waals surface area contributed by atoms with Crippen molar-refractivity contribution >= 4 is 11.9 Å². The third-order valence-electron chi connectivity index (χ3n) is 3.49. The molecule has 0 unspecified atom stereocenters. The van der Waals surface area contributed by atoms with E-state index in [0.717, 1.165) is 12.8 Å². The number of hydrogen-bond donors (Lipinski definition) is 0. The molecule has 1 aromatic heterocycles. The molecule has 7 heteroatoms. The van der Waals surface area contributed by atoms with Gasteiger partial charge in [-0.3, -0.25) is 4.79 Å². The molecule has 0 radical (unpaired) electrons. The van der Waals surface area contributed by atoms with Gasteiger partial charge in [-0.15, -0.1) is 0 Å². The fraction of sp³-hybridized carbons (Fsp3) is 0.714. The molecule has 2 heterocycles. The molecule has 1 saturated heterocycles. The lowest BCUT2D eigenvalue weighted by atomic mass is 10.2. The number of amides is 1. The van der Waals surface area contributed by atoms with E-state index in [9.17, 15) is 9.59 Å². The number of esters is 1. The largest absolute Gasteiger partial charge is 0.451 e. The second-order valence-corrected chi connectivity index (χ2v) is 5.25. The van der Waals surface area contributed by atoms with Crippen molar-refractivity contribution in [3.63, 3.8) is 0 Å². The van der Waals surface area contributed by atoms with Crippen LogP contribution in [0.25, 0.3) is 0 Å². The van der Waals surface area contributed by atoms with Crippen LogP contribution in [0.3, 0.4) is 0 Å². The molecule has 116 valence electrons. The van der Waals surface area contributed by atoms with Crippen LogP contribution in [0.2, 0.25) is 0 Å². The summed E-state index contributed by atoms with van der Waals surface area (Å²) in [5.74, 6) is 0.373. The predicted octanol–water partition coefficient (Wildman–Crippen LogP) is 1.77. The van der Waals surface area contributed by atoms with Crippen LogP contribution in [-0.4, -0.2) is 39.5 Å². The lowest BCUT2D eigenvalue weighted by molar-refractivity contribution is -0.158. The molecule has 0 bridgehead atoms. The first kappa shape index (κ1) is 15.5. The molecule has 2 rings (SSSR count). The Balaban J connectivity index is 1.97. The van der Waals surface area contributed by atoms with E-state index in [4.69, 9.17) is 9.26 Å². The first-order chi connectivity index (χ1) is 10.0. The van der Waals surface area contributed by atoms with E-state index < -0.39 is 18.1 Å². The number of likely N-dealkylation sites (tertiary alicyclic amines) is 1. The van der Waals surface area contributed by atoms with Crippen LogP contribution in [0.4, 0.5) is 0 Å². The van der Waals surface area contributed by atoms with E-state index >= 15 is 0 Å². The van der Waals surface area contributed by atoms with Gasteiger partial charge in [-0.05, 0) is 33.1 Å². The number of rotatable bonds is 5. The molecule has 0 saturated carbocycles. The number of carbonyl (C=O) groups excluding carboxylic acids is 2. The van der Waals surface area contributed by atoms with Crippen molar-refractivity contribution in [2.24, 2.45) is 0 Å². The van der Waals surface area contributed by atoms with Crippen molar-refractivity contribution in [2.75, 3.05) is 6.54 Å². The average Bonchev–Trinajstić information content (AvgIpc) is 3.07. The fourth-order valence-electron chi connectivity index (χ4n) is 2.45. The number of nitrogens with zero attached hydrogens (tertiary/aromatic N) is 3. The van der Waals surface area contributed by atoms with E-state index in [1.807, 2.05) is 6.92 Å². The molecule has 1 aliphatic heterocycles. The minimum Gasteiger partial charge on any atom is -0.451 e. The average molecular weight is 295 g/mol. The van der Waals surface area contributed by atoms with Gasteiger partial charge in [-0.2, -0.15) is 4.98 Å². The Morgan fingerprint density at radius 1 is 1.52 bits per heavy atom. The van der Waals surface area contributed by atoms with Crippen molar-refractivity contribution in [3.05, 3.63) is 11.7 Å². The van der Waals surface area contributed by atoms with Crippen molar-refractivity contribution in [2.45, 2.75) is 58.6 Å². The van der Waals surface area contributed by atoms with E-state index in [0.29, 0.717) is 25.2 Å². The highest BCUT2D eigenvalue weighted by molar-refractivity contribution is 5.85. The van der Waals surface area contributed by atoms with E-state index in [2.05, 4.69) is 10.1 Å². The second-order valence-electron chi connectivity index (χ2n) is 5.25. The maximum atomic E-state index is 12.2. The monoisotopic (exact) mass is 295 g/mol. The second kappa shape index (κ2) is 6.69. The summed E-state index contributed by atoms with van der Waals surface area (Å²) in [4.78, 5) is 29.9. The summed E-state index contributed by atoms with van der Waals surface area (Å²) < 4.78 is 10.3. The molecule has 1 aromatic rings. The van der Waals surface area contributed by atoms with Crippen LogP contribution in [0.1, 0.15) is 57.3 Å². The molecule has 0 spiro atoms. The first-order valence-electron chi connectivity index (χ1n) is 7.33. The molecule has 7 nitrogen and oxygen atoms in total. The van der Waals surface area contributed by atoms with Gasteiger partial charge < -0.3 is 14.2 Å². The lowest BCUT2D eigenvalue weighted by Crippen LogP contribution is -2.41. The number of aromatic nitrogens is 2. The third kappa shape index (κ3) is 3.59. The van der Waals surface area contributed by atoms with Gasteiger partial charge in [-0.1, -0.05) is 12.1 Å². The van der Waals surface area contributed by atoms with Gasteiger partial charge in [-0.25, -0.2) is 4.79 Å². The molecular weight excluding hydrogens is 274 g/mol. The Labute approximate surface area is 123 Å². The number of carbonyl (C=O) groups is 2.